The van der Waals surface area contributed by atoms with Crippen LogP contribution in [0.4, 0.5) is 5.82 Å². The normalized spacial score (nSPS) is 15.3. The fraction of sp³-hybridized carbons (Fsp3) is 0.364. The van der Waals surface area contributed by atoms with E-state index in [4.69, 9.17) is 25.9 Å². The van der Waals surface area contributed by atoms with Crippen molar-refractivity contribution in [1.82, 2.24) is 14.8 Å². The van der Waals surface area contributed by atoms with Gasteiger partial charge in [0.25, 0.3) is 0 Å². The van der Waals surface area contributed by atoms with Gasteiger partial charge >= 0.3 is 5.97 Å². The Bertz CT molecular complexity index is 1120. The summed E-state index contributed by atoms with van der Waals surface area (Å²) in [7, 11) is 0. The highest BCUT2D eigenvalue weighted by Crippen LogP contribution is 2.39. The first-order valence-electron chi connectivity index (χ1n) is 10.2. The second-order valence-corrected chi connectivity index (χ2v) is 8.05. The molecule has 4 rings (SSSR count). The number of aliphatic carboxylic acids is 1. The number of carbonyl (C=O) groups is 1. The summed E-state index contributed by atoms with van der Waals surface area (Å²) in [6.07, 6.45) is 5.09. The molecule has 1 atom stereocenters. The van der Waals surface area contributed by atoms with Gasteiger partial charge in [-0.25, -0.2) is 4.99 Å². The van der Waals surface area contributed by atoms with E-state index >= 15 is 0 Å². The molecule has 0 fully saturated rings. The van der Waals surface area contributed by atoms with E-state index in [-0.39, 0.29) is 18.4 Å². The van der Waals surface area contributed by atoms with Crippen LogP contribution in [-0.2, 0) is 11.3 Å². The molecule has 0 saturated heterocycles. The topological polar surface area (TPSA) is 103 Å². The Labute approximate surface area is 184 Å². The van der Waals surface area contributed by atoms with Crippen molar-refractivity contribution in [3.63, 3.8) is 0 Å². The fourth-order valence-electron chi connectivity index (χ4n) is 3.56. The van der Waals surface area contributed by atoms with Gasteiger partial charge in [-0.2, -0.15) is 0 Å². The van der Waals surface area contributed by atoms with Crippen LogP contribution in [0, 0.1) is 0 Å². The zero-order valence-electron chi connectivity index (χ0n) is 17.3. The van der Waals surface area contributed by atoms with Crippen LogP contribution in [0.15, 0.2) is 39.9 Å². The molecule has 3 aromatic rings. The van der Waals surface area contributed by atoms with Gasteiger partial charge in [0, 0.05) is 36.5 Å². The number of benzene rings is 1. The summed E-state index contributed by atoms with van der Waals surface area (Å²) in [5.41, 5.74) is 1.71. The minimum absolute atomic E-state index is 0.0250. The number of aromatic nitrogens is 3. The molecule has 8 nitrogen and oxygen atoms in total. The highest BCUT2D eigenvalue weighted by Gasteiger charge is 2.27. The molecule has 0 aliphatic carbocycles. The van der Waals surface area contributed by atoms with E-state index < -0.39 is 5.97 Å². The minimum atomic E-state index is -0.801. The summed E-state index contributed by atoms with van der Waals surface area (Å²) in [4.78, 5) is 15.3. The summed E-state index contributed by atoms with van der Waals surface area (Å²) in [6.45, 7) is 4.47. The number of hydrogen-bond acceptors (Lipinski definition) is 6. The molecule has 1 aliphatic heterocycles. The van der Waals surface area contributed by atoms with Crippen molar-refractivity contribution < 1.29 is 19.1 Å². The third-order valence-electron chi connectivity index (χ3n) is 4.96. The standard InChI is InChI=1S/C22H23ClN4O4/c1-13(2)30-18-6-5-14(12-17(18)23)21-25-26-22(31-21)16-7-9-24-20-15(16)8-11-27(20)10-3-4-19(28)29/h5-6,8-9,11-13,16H,3-4,7,10H2,1-2H3,(H,28,29). The number of aryl methyl sites for hydroxylation is 1. The van der Waals surface area contributed by atoms with Crippen molar-refractivity contribution in [3.05, 3.63) is 46.9 Å². The molecule has 1 aliphatic rings. The third-order valence-corrected chi connectivity index (χ3v) is 5.26. The van der Waals surface area contributed by atoms with Crippen molar-refractivity contribution in [2.45, 2.75) is 51.7 Å². The van der Waals surface area contributed by atoms with E-state index in [1.54, 1.807) is 12.1 Å². The lowest BCUT2D eigenvalue weighted by Gasteiger charge is -2.16. The van der Waals surface area contributed by atoms with Crippen molar-refractivity contribution in [1.29, 1.82) is 0 Å². The van der Waals surface area contributed by atoms with Crippen molar-refractivity contribution >= 4 is 29.6 Å². The van der Waals surface area contributed by atoms with Crippen LogP contribution in [0.1, 0.15) is 50.5 Å². The lowest BCUT2D eigenvalue weighted by Crippen LogP contribution is -2.07. The maximum absolute atomic E-state index is 10.8. The minimum Gasteiger partial charge on any atom is -0.489 e. The molecule has 0 bridgehead atoms. The molecule has 2 aromatic heterocycles. The lowest BCUT2D eigenvalue weighted by molar-refractivity contribution is -0.137. The average molecular weight is 443 g/mol. The van der Waals surface area contributed by atoms with E-state index in [1.807, 2.05) is 43.0 Å². The van der Waals surface area contributed by atoms with Crippen LogP contribution in [0.3, 0.4) is 0 Å². The highest BCUT2D eigenvalue weighted by atomic mass is 35.5. The number of carboxylic acid groups (broad SMARTS) is 1. The Balaban J connectivity index is 1.54. The van der Waals surface area contributed by atoms with E-state index in [0.29, 0.717) is 41.9 Å². The van der Waals surface area contributed by atoms with E-state index in [2.05, 4.69) is 15.2 Å². The first kappa shape index (κ1) is 21.1. The predicted octanol–water partition coefficient (Wildman–Crippen LogP) is 5.08. The Hall–Kier alpha value is -3.13. The molecule has 0 saturated carbocycles. The average Bonchev–Trinajstić information content (AvgIpc) is 3.36. The van der Waals surface area contributed by atoms with Gasteiger partial charge in [0.1, 0.15) is 11.6 Å². The fourth-order valence-corrected chi connectivity index (χ4v) is 3.79. The molecule has 31 heavy (non-hydrogen) atoms. The van der Waals surface area contributed by atoms with E-state index in [0.717, 1.165) is 16.9 Å². The van der Waals surface area contributed by atoms with Gasteiger partial charge in [-0.05, 0) is 51.0 Å². The third kappa shape index (κ3) is 4.64. The van der Waals surface area contributed by atoms with Crippen molar-refractivity contribution in [3.8, 4) is 17.2 Å². The summed E-state index contributed by atoms with van der Waals surface area (Å²) < 4.78 is 13.6. The number of hydrogen-bond donors (Lipinski definition) is 1. The molecule has 0 amide bonds. The zero-order chi connectivity index (χ0) is 22.0. The number of aliphatic imine (C=N–C) groups is 1. The SMILES string of the molecule is CC(C)Oc1ccc(-c2nnc(C3CC=Nc4c3ccn4CCCC(=O)O)o2)cc1Cl. The van der Waals surface area contributed by atoms with Crippen LogP contribution in [0.5, 0.6) is 5.75 Å². The monoisotopic (exact) mass is 442 g/mol. The van der Waals surface area contributed by atoms with Crippen molar-refractivity contribution in [2.75, 3.05) is 0 Å². The maximum atomic E-state index is 10.8. The van der Waals surface area contributed by atoms with Gasteiger partial charge in [0.2, 0.25) is 11.8 Å². The quantitative estimate of drug-likeness (QED) is 0.521. The summed E-state index contributed by atoms with van der Waals surface area (Å²) >= 11 is 6.34. The molecule has 1 unspecified atom stereocenters. The smallest absolute Gasteiger partial charge is 0.303 e. The summed E-state index contributed by atoms with van der Waals surface area (Å²) in [5, 5.41) is 17.8. The number of halogens is 1. The summed E-state index contributed by atoms with van der Waals surface area (Å²) in [6, 6.07) is 7.37. The molecule has 9 heteroatoms. The van der Waals surface area contributed by atoms with Gasteiger partial charge in [-0.1, -0.05) is 11.6 Å². The Morgan fingerprint density at radius 3 is 2.94 bits per heavy atom. The Kier molecular flexibility index (Phi) is 6.08. The molecule has 3 heterocycles. The number of nitrogens with zero attached hydrogens (tertiary/aromatic N) is 4. The van der Waals surface area contributed by atoms with Gasteiger partial charge < -0.3 is 18.8 Å². The van der Waals surface area contributed by atoms with Crippen molar-refractivity contribution in [2.24, 2.45) is 4.99 Å². The lowest BCUT2D eigenvalue weighted by atomic mass is 9.96. The zero-order valence-corrected chi connectivity index (χ0v) is 18.0. The van der Waals surface area contributed by atoms with Crippen LogP contribution in [0.2, 0.25) is 5.02 Å². The number of ether oxygens (including phenoxy) is 1. The van der Waals surface area contributed by atoms with Crippen LogP contribution >= 0.6 is 11.6 Å². The molecule has 162 valence electrons. The molecule has 1 N–H and O–H groups in total. The highest BCUT2D eigenvalue weighted by molar-refractivity contribution is 6.32. The molecule has 1 aromatic carbocycles. The van der Waals surface area contributed by atoms with Crippen LogP contribution in [0.25, 0.3) is 11.5 Å². The Morgan fingerprint density at radius 2 is 2.19 bits per heavy atom. The van der Waals surface area contributed by atoms with E-state index in [9.17, 15) is 4.79 Å². The summed E-state index contributed by atoms with van der Waals surface area (Å²) in [5.74, 6) is 1.40. The second-order valence-electron chi connectivity index (χ2n) is 7.64. The largest absolute Gasteiger partial charge is 0.489 e. The number of fused-ring (bicyclic) bond motifs is 1. The first-order chi connectivity index (χ1) is 14.9. The maximum Gasteiger partial charge on any atom is 0.303 e. The first-order valence-corrected chi connectivity index (χ1v) is 10.5. The van der Waals surface area contributed by atoms with Gasteiger partial charge in [0.15, 0.2) is 0 Å². The number of carboxylic acids is 1. The Morgan fingerprint density at radius 1 is 1.35 bits per heavy atom. The molecular formula is C22H23ClN4O4. The van der Waals surface area contributed by atoms with Gasteiger partial charge in [-0.3, -0.25) is 4.79 Å². The van der Waals surface area contributed by atoms with E-state index in [1.165, 1.54) is 0 Å². The van der Waals surface area contributed by atoms with Crippen LogP contribution in [-0.4, -0.2) is 38.2 Å². The van der Waals surface area contributed by atoms with Gasteiger partial charge in [0.05, 0.1) is 17.0 Å². The van der Waals surface area contributed by atoms with Gasteiger partial charge in [-0.15, -0.1) is 10.2 Å². The molecule has 0 spiro atoms. The molecular weight excluding hydrogens is 420 g/mol. The second kappa shape index (κ2) is 8.93. The van der Waals surface area contributed by atoms with Crippen LogP contribution < -0.4 is 4.74 Å². The number of rotatable bonds is 8. The molecule has 0 radical (unpaired) electrons. The predicted molar refractivity (Wildman–Crippen MR) is 116 cm³/mol.